The fourth-order valence-electron chi connectivity index (χ4n) is 3.84. The second-order valence-electron chi connectivity index (χ2n) is 8.08. The highest BCUT2D eigenvalue weighted by Gasteiger charge is 2.61. The highest BCUT2D eigenvalue weighted by atomic mass is 32.1. The van der Waals surface area contributed by atoms with Crippen LogP contribution in [0.1, 0.15) is 37.4 Å². The summed E-state index contributed by atoms with van der Waals surface area (Å²) in [4.78, 5) is 39.6. The molecule has 1 aromatic rings. The van der Waals surface area contributed by atoms with Gasteiger partial charge in [-0.3, -0.25) is 19.7 Å². The molecule has 146 valence electrons. The van der Waals surface area contributed by atoms with Crippen molar-refractivity contribution in [2.75, 3.05) is 26.2 Å². The Kier molecular flexibility index (Phi) is 5.12. The maximum atomic E-state index is 12.9. The van der Waals surface area contributed by atoms with Crippen LogP contribution in [0, 0.1) is 27.4 Å². The standard InChI is InChI=1S/C19H25N3O4S/c1-12(2)11-13-16(19(13,3)4)18(24)21-9-7-20(8-10-21)17(23)14-5-6-15(27-14)22(25)26/h5-6,11,13,16H,7-10H2,1-4H3. The summed E-state index contributed by atoms with van der Waals surface area (Å²) >= 11 is 0.893. The number of carbonyl (C=O) groups is 2. The third kappa shape index (κ3) is 3.76. The lowest BCUT2D eigenvalue weighted by Crippen LogP contribution is -2.51. The Bertz CT molecular complexity index is 802. The molecule has 2 heterocycles. The van der Waals surface area contributed by atoms with Gasteiger partial charge in [0.1, 0.15) is 0 Å². The molecular formula is C19H25N3O4S. The molecule has 1 aromatic heterocycles. The van der Waals surface area contributed by atoms with E-state index in [0.717, 1.165) is 11.3 Å². The molecule has 2 atom stereocenters. The first-order valence-electron chi connectivity index (χ1n) is 9.10. The number of amides is 2. The Hall–Kier alpha value is -2.22. The maximum absolute atomic E-state index is 12.9. The molecule has 27 heavy (non-hydrogen) atoms. The van der Waals surface area contributed by atoms with E-state index < -0.39 is 4.92 Å². The van der Waals surface area contributed by atoms with E-state index in [1.807, 2.05) is 4.90 Å². The minimum absolute atomic E-state index is 0.00889. The smallest absolute Gasteiger partial charge is 0.324 e. The van der Waals surface area contributed by atoms with Gasteiger partial charge in [0.25, 0.3) is 5.91 Å². The van der Waals surface area contributed by atoms with E-state index in [1.165, 1.54) is 17.7 Å². The maximum Gasteiger partial charge on any atom is 0.324 e. The SMILES string of the molecule is CC(C)=CC1C(C(=O)N2CCN(C(=O)c3ccc([N+](=O)[O-])s3)CC2)C1(C)C. The lowest BCUT2D eigenvalue weighted by Gasteiger charge is -2.35. The van der Waals surface area contributed by atoms with E-state index in [9.17, 15) is 19.7 Å². The van der Waals surface area contributed by atoms with E-state index in [2.05, 4.69) is 33.8 Å². The number of carbonyl (C=O) groups excluding carboxylic acids is 2. The molecule has 2 fully saturated rings. The monoisotopic (exact) mass is 391 g/mol. The fraction of sp³-hybridized carbons (Fsp3) is 0.579. The molecule has 1 aliphatic carbocycles. The number of nitrogens with zero attached hydrogens (tertiary/aromatic N) is 3. The molecule has 2 unspecified atom stereocenters. The van der Waals surface area contributed by atoms with Gasteiger partial charge in [-0.15, -0.1) is 0 Å². The van der Waals surface area contributed by atoms with Crippen molar-refractivity contribution in [3.8, 4) is 0 Å². The number of nitro groups is 1. The third-order valence-corrected chi connectivity index (χ3v) is 6.58. The Balaban J connectivity index is 1.59. The summed E-state index contributed by atoms with van der Waals surface area (Å²) < 4.78 is 0. The van der Waals surface area contributed by atoms with Gasteiger partial charge in [0.2, 0.25) is 5.91 Å². The van der Waals surface area contributed by atoms with Crippen LogP contribution in [0.15, 0.2) is 23.8 Å². The van der Waals surface area contributed by atoms with Crippen molar-refractivity contribution in [3.63, 3.8) is 0 Å². The molecule has 0 bridgehead atoms. The topological polar surface area (TPSA) is 83.8 Å². The van der Waals surface area contributed by atoms with Crippen LogP contribution in [-0.2, 0) is 4.79 Å². The minimum atomic E-state index is -0.488. The summed E-state index contributed by atoms with van der Waals surface area (Å²) in [6, 6.07) is 2.86. The van der Waals surface area contributed by atoms with Gasteiger partial charge in [-0.05, 0) is 31.2 Å². The van der Waals surface area contributed by atoms with Crippen LogP contribution in [0.4, 0.5) is 5.00 Å². The van der Waals surface area contributed by atoms with Crippen LogP contribution in [0.2, 0.25) is 0 Å². The summed E-state index contributed by atoms with van der Waals surface area (Å²) in [5.74, 6) is 0.256. The predicted octanol–water partition coefficient (Wildman–Crippen LogP) is 3.18. The second kappa shape index (κ2) is 7.07. The zero-order valence-electron chi connectivity index (χ0n) is 16.1. The van der Waals surface area contributed by atoms with Crippen molar-refractivity contribution in [2.45, 2.75) is 27.7 Å². The molecule has 0 spiro atoms. The summed E-state index contributed by atoms with van der Waals surface area (Å²) in [6.07, 6.45) is 2.19. The summed E-state index contributed by atoms with van der Waals surface area (Å²) in [6.45, 7) is 10.3. The van der Waals surface area contributed by atoms with Gasteiger partial charge >= 0.3 is 5.00 Å². The summed E-state index contributed by atoms with van der Waals surface area (Å²) in [7, 11) is 0. The number of rotatable bonds is 4. The Labute approximate surface area is 162 Å². The molecular weight excluding hydrogens is 366 g/mol. The molecule has 2 amide bonds. The minimum Gasteiger partial charge on any atom is -0.339 e. The lowest BCUT2D eigenvalue weighted by atomic mass is 10.1. The molecule has 8 heteroatoms. The number of hydrogen-bond donors (Lipinski definition) is 0. The number of hydrogen-bond acceptors (Lipinski definition) is 5. The van der Waals surface area contributed by atoms with Crippen molar-refractivity contribution in [3.05, 3.63) is 38.8 Å². The Morgan fingerprint density at radius 3 is 2.30 bits per heavy atom. The summed E-state index contributed by atoms with van der Waals surface area (Å²) in [5, 5.41) is 10.8. The number of allylic oxidation sites excluding steroid dienone is 2. The molecule has 1 aliphatic heterocycles. The van der Waals surface area contributed by atoms with Gasteiger partial charge in [-0.2, -0.15) is 0 Å². The van der Waals surface area contributed by atoms with E-state index >= 15 is 0 Å². The van der Waals surface area contributed by atoms with E-state index in [1.54, 1.807) is 4.90 Å². The number of piperazine rings is 1. The molecule has 3 rings (SSSR count). The highest BCUT2D eigenvalue weighted by molar-refractivity contribution is 7.17. The van der Waals surface area contributed by atoms with Crippen molar-refractivity contribution in [2.24, 2.45) is 17.3 Å². The van der Waals surface area contributed by atoms with E-state index in [4.69, 9.17) is 0 Å². The summed E-state index contributed by atoms with van der Waals surface area (Å²) in [5.41, 5.74) is 1.21. The first-order chi connectivity index (χ1) is 12.6. The van der Waals surface area contributed by atoms with Crippen LogP contribution in [-0.4, -0.2) is 52.7 Å². The molecule has 2 aliphatic rings. The fourth-order valence-corrected chi connectivity index (χ4v) is 4.63. The molecule has 0 N–H and O–H groups in total. The van der Waals surface area contributed by atoms with E-state index in [-0.39, 0.29) is 34.1 Å². The Morgan fingerprint density at radius 2 is 1.78 bits per heavy atom. The van der Waals surface area contributed by atoms with Gasteiger partial charge in [-0.1, -0.05) is 36.8 Å². The van der Waals surface area contributed by atoms with Crippen molar-refractivity contribution in [1.29, 1.82) is 0 Å². The highest BCUT2D eigenvalue weighted by Crippen LogP contribution is 2.60. The van der Waals surface area contributed by atoms with Gasteiger partial charge < -0.3 is 9.80 Å². The van der Waals surface area contributed by atoms with Gasteiger partial charge in [0.05, 0.1) is 15.7 Å². The van der Waals surface area contributed by atoms with E-state index in [0.29, 0.717) is 31.1 Å². The zero-order chi connectivity index (χ0) is 19.9. The average molecular weight is 391 g/mol. The Morgan fingerprint density at radius 1 is 1.19 bits per heavy atom. The third-order valence-electron chi connectivity index (χ3n) is 5.55. The van der Waals surface area contributed by atoms with Crippen molar-refractivity contribution >= 4 is 28.2 Å². The largest absolute Gasteiger partial charge is 0.339 e. The lowest BCUT2D eigenvalue weighted by molar-refractivity contribution is -0.380. The molecule has 7 nitrogen and oxygen atoms in total. The quantitative estimate of drug-likeness (QED) is 0.448. The first kappa shape index (κ1) is 19.5. The van der Waals surface area contributed by atoms with Crippen LogP contribution in [0.25, 0.3) is 0 Å². The van der Waals surface area contributed by atoms with Crippen molar-refractivity contribution in [1.82, 2.24) is 9.80 Å². The molecule has 0 aromatic carbocycles. The van der Waals surface area contributed by atoms with Crippen LogP contribution in [0.3, 0.4) is 0 Å². The van der Waals surface area contributed by atoms with Crippen molar-refractivity contribution < 1.29 is 14.5 Å². The van der Waals surface area contributed by atoms with Gasteiger partial charge in [0, 0.05) is 32.2 Å². The molecule has 1 saturated carbocycles. The van der Waals surface area contributed by atoms with Crippen LogP contribution >= 0.6 is 11.3 Å². The van der Waals surface area contributed by atoms with Gasteiger partial charge in [-0.25, -0.2) is 0 Å². The zero-order valence-corrected chi connectivity index (χ0v) is 16.9. The predicted molar refractivity (Wildman–Crippen MR) is 104 cm³/mol. The first-order valence-corrected chi connectivity index (χ1v) is 9.92. The average Bonchev–Trinajstić information content (AvgIpc) is 2.98. The van der Waals surface area contributed by atoms with Crippen LogP contribution < -0.4 is 0 Å². The second-order valence-corrected chi connectivity index (χ2v) is 9.14. The molecule has 0 radical (unpaired) electrons. The normalized spacial score (nSPS) is 23.7. The number of thiophene rings is 1. The van der Waals surface area contributed by atoms with Crippen LogP contribution in [0.5, 0.6) is 0 Å². The molecule has 1 saturated heterocycles. The van der Waals surface area contributed by atoms with Gasteiger partial charge in [0.15, 0.2) is 0 Å².